The minimum Gasteiger partial charge on any atom is -0.491 e. The lowest BCUT2D eigenvalue weighted by Crippen LogP contribution is -2.10. The van der Waals surface area contributed by atoms with Crippen LogP contribution < -0.4 is 10.5 Å². The van der Waals surface area contributed by atoms with Crippen LogP contribution in [0.4, 0.5) is 0 Å². The summed E-state index contributed by atoms with van der Waals surface area (Å²) < 4.78 is 15.7. The van der Waals surface area contributed by atoms with Gasteiger partial charge in [-0.15, -0.1) is 0 Å². The molecule has 0 radical (unpaired) electrons. The molecule has 0 heterocycles. The van der Waals surface area contributed by atoms with E-state index < -0.39 is 0 Å². The van der Waals surface area contributed by atoms with Crippen molar-refractivity contribution >= 4 is 0 Å². The van der Waals surface area contributed by atoms with Gasteiger partial charge in [0.1, 0.15) is 12.4 Å². The second-order valence-corrected chi connectivity index (χ2v) is 4.04. The number of nitrogens with two attached hydrogens (primary N) is 1. The molecular weight excluding hydrogens is 230 g/mol. The van der Waals surface area contributed by atoms with Crippen molar-refractivity contribution in [2.45, 2.75) is 19.4 Å². The largest absolute Gasteiger partial charge is 0.491 e. The quantitative estimate of drug-likeness (QED) is 0.685. The molecule has 2 N–H and O–H groups in total. The summed E-state index contributed by atoms with van der Waals surface area (Å²) in [5.41, 5.74) is 7.08. The highest BCUT2D eigenvalue weighted by atomic mass is 16.5. The van der Waals surface area contributed by atoms with Crippen molar-refractivity contribution < 1.29 is 14.2 Å². The highest BCUT2D eigenvalue weighted by molar-refractivity contribution is 5.28. The fourth-order valence-corrected chi connectivity index (χ4v) is 1.51. The van der Waals surface area contributed by atoms with Gasteiger partial charge in [0.25, 0.3) is 0 Å². The fourth-order valence-electron chi connectivity index (χ4n) is 1.51. The highest BCUT2D eigenvalue weighted by Gasteiger charge is 2.02. The van der Waals surface area contributed by atoms with Crippen LogP contribution in [0.1, 0.15) is 24.9 Å². The maximum absolute atomic E-state index is 5.94. The van der Waals surface area contributed by atoms with E-state index in [9.17, 15) is 0 Å². The molecule has 0 aliphatic carbocycles. The van der Waals surface area contributed by atoms with E-state index in [1.165, 1.54) is 0 Å². The van der Waals surface area contributed by atoms with E-state index in [1.807, 2.05) is 24.3 Å². The molecule has 1 atom stereocenters. The van der Waals surface area contributed by atoms with Crippen LogP contribution in [0.25, 0.3) is 0 Å². The normalized spacial score (nSPS) is 12.4. The molecule has 1 rings (SSSR count). The molecule has 0 unspecified atom stereocenters. The molecular formula is C14H23NO3. The first kappa shape index (κ1) is 15.0. The molecule has 0 saturated heterocycles. The smallest absolute Gasteiger partial charge is 0.119 e. The maximum Gasteiger partial charge on any atom is 0.119 e. The minimum absolute atomic E-state index is 0.108. The summed E-state index contributed by atoms with van der Waals surface area (Å²) in [5.74, 6) is 0.845. The Hall–Kier alpha value is -1.10. The van der Waals surface area contributed by atoms with Crippen LogP contribution in [0, 0.1) is 0 Å². The zero-order valence-corrected chi connectivity index (χ0v) is 11.2. The Kier molecular flexibility index (Phi) is 7.41. The van der Waals surface area contributed by atoms with Crippen molar-refractivity contribution in [1.29, 1.82) is 0 Å². The fraction of sp³-hybridized carbons (Fsp3) is 0.571. The summed E-state index contributed by atoms with van der Waals surface area (Å²) in [6, 6.07) is 8.02. The van der Waals surface area contributed by atoms with Gasteiger partial charge >= 0.3 is 0 Å². The summed E-state index contributed by atoms with van der Waals surface area (Å²) in [5, 5.41) is 0. The van der Waals surface area contributed by atoms with Gasteiger partial charge in [-0.1, -0.05) is 19.1 Å². The third-order valence-electron chi connectivity index (χ3n) is 2.68. The van der Waals surface area contributed by atoms with Gasteiger partial charge in [0.15, 0.2) is 0 Å². The third-order valence-corrected chi connectivity index (χ3v) is 2.68. The van der Waals surface area contributed by atoms with Crippen LogP contribution in [0.2, 0.25) is 0 Å². The lowest BCUT2D eigenvalue weighted by atomic mass is 10.1. The van der Waals surface area contributed by atoms with Gasteiger partial charge in [-0.3, -0.25) is 0 Å². The molecule has 0 fully saturated rings. The standard InChI is InChI=1S/C14H23NO3/c1-3-14(15)12-4-6-13(7-5-12)18-11-10-17-9-8-16-2/h4-7,14H,3,8-11,15H2,1-2H3/t14-/m1/s1. The van der Waals surface area contributed by atoms with E-state index in [0.29, 0.717) is 26.4 Å². The average Bonchev–Trinajstić information content (AvgIpc) is 2.42. The summed E-state index contributed by atoms with van der Waals surface area (Å²) in [7, 11) is 1.66. The first-order valence-electron chi connectivity index (χ1n) is 6.33. The predicted molar refractivity (Wildman–Crippen MR) is 71.9 cm³/mol. The van der Waals surface area contributed by atoms with Crippen molar-refractivity contribution in [2.24, 2.45) is 5.73 Å². The van der Waals surface area contributed by atoms with E-state index in [-0.39, 0.29) is 6.04 Å². The van der Waals surface area contributed by atoms with Gasteiger partial charge < -0.3 is 19.9 Å². The molecule has 4 nitrogen and oxygen atoms in total. The van der Waals surface area contributed by atoms with Crippen LogP contribution in [0.5, 0.6) is 5.75 Å². The molecule has 18 heavy (non-hydrogen) atoms. The van der Waals surface area contributed by atoms with Crippen molar-refractivity contribution in [2.75, 3.05) is 33.5 Å². The van der Waals surface area contributed by atoms with Crippen molar-refractivity contribution in [1.82, 2.24) is 0 Å². The van der Waals surface area contributed by atoms with Gasteiger partial charge in [0, 0.05) is 13.2 Å². The minimum atomic E-state index is 0.108. The average molecular weight is 253 g/mol. The molecule has 0 aliphatic heterocycles. The Morgan fingerprint density at radius 1 is 1.06 bits per heavy atom. The molecule has 4 heteroatoms. The first-order chi connectivity index (χ1) is 8.77. The van der Waals surface area contributed by atoms with Crippen molar-refractivity contribution in [3.8, 4) is 5.75 Å². The van der Waals surface area contributed by atoms with Gasteiger partial charge in [-0.2, -0.15) is 0 Å². The van der Waals surface area contributed by atoms with E-state index in [2.05, 4.69) is 6.92 Å². The Morgan fingerprint density at radius 2 is 1.72 bits per heavy atom. The van der Waals surface area contributed by atoms with Crippen LogP contribution in [-0.2, 0) is 9.47 Å². The molecule has 0 spiro atoms. The topological polar surface area (TPSA) is 53.7 Å². The van der Waals surface area contributed by atoms with Crippen LogP contribution in [0.3, 0.4) is 0 Å². The van der Waals surface area contributed by atoms with Crippen LogP contribution >= 0.6 is 0 Å². The number of hydrogen-bond acceptors (Lipinski definition) is 4. The number of benzene rings is 1. The Bertz CT molecular complexity index is 313. The van der Waals surface area contributed by atoms with Crippen molar-refractivity contribution in [3.05, 3.63) is 29.8 Å². The second kappa shape index (κ2) is 8.91. The van der Waals surface area contributed by atoms with Crippen LogP contribution in [-0.4, -0.2) is 33.5 Å². The van der Waals surface area contributed by atoms with Gasteiger partial charge in [-0.25, -0.2) is 0 Å². The summed E-state index contributed by atoms with van der Waals surface area (Å²) in [6.07, 6.45) is 0.938. The van der Waals surface area contributed by atoms with E-state index >= 15 is 0 Å². The molecule has 1 aromatic rings. The molecule has 102 valence electrons. The van der Waals surface area contributed by atoms with Crippen molar-refractivity contribution in [3.63, 3.8) is 0 Å². The van der Waals surface area contributed by atoms with E-state index in [0.717, 1.165) is 17.7 Å². The monoisotopic (exact) mass is 253 g/mol. The molecule has 0 bridgehead atoms. The Morgan fingerprint density at radius 3 is 2.33 bits per heavy atom. The molecule has 1 aromatic carbocycles. The maximum atomic E-state index is 5.94. The number of rotatable bonds is 9. The number of ether oxygens (including phenoxy) is 3. The zero-order chi connectivity index (χ0) is 13.2. The second-order valence-electron chi connectivity index (χ2n) is 4.04. The van der Waals surface area contributed by atoms with Gasteiger partial charge in [0.2, 0.25) is 0 Å². The lowest BCUT2D eigenvalue weighted by molar-refractivity contribution is 0.0544. The third kappa shape index (κ3) is 5.49. The number of methoxy groups -OCH3 is 1. The van der Waals surface area contributed by atoms with E-state index in [4.69, 9.17) is 19.9 Å². The highest BCUT2D eigenvalue weighted by Crippen LogP contribution is 2.18. The number of hydrogen-bond donors (Lipinski definition) is 1. The predicted octanol–water partition coefficient (Wildman–Crippen LogP) is 2.14. The molecule has 0 amide bonds. The summed E-state index contributed by atoms with van der Waals surface area (Å²) >= 11 is 0. The summed E-state index contributed by atoms with van der Waals surface area (Å²) in [4.78, 5) is 0. The first-order valence-corrected chi connectivity index (χ1v) is 6.33. The molecule has 0 aliphatic rings. The van der Waals surface area contributed by atoms with Gasteiger partial charge in [-0.05, 0) is 24.1 Å². The molecule has 0 saturated carbocycles. The summed E-state index contributed by atoms with van der Waals surface area (Å²) in [6.45, 7) is 4.41. The lowest BCUT2D eigenvalue weighted by Gasteiger charge is -2.11. The Labute approximate surface area is 109 Å². The molecule has 0 aromatic heterocycles. The van der Waals surface area contributed by atoms with Gasteiger partial charge in [0.05, 0.1) is 19.8 Å². The van der Waals surface area contributed by atoms with E-state index in [1.54, 1.807) is 7.11 Å². The zero-order valence-electron chi connectivity index (χ0n) is 11.2. The Balaban J connectivity index is 2.22. The SMILES string of the molecule is CC[C@@H](N)c1ccc(OCCOCCOC)cc1. The van der Waals surface area contributed by atoms with Crippen LogP contribution in [0.15, 0.2) is 24.3 Å².